The van der Waals surface area contributed by atoms with Crippen molar-refractivity contribution in [3.63, 3.8) is 0 Å². The van der Waals surface area contributed by atoms with Crippen LogP contribution in [-0.4, -0.2) is 22.6 Å². The van der Waals surface area contributed by atoms with E-state index in [1.54, 1.807) is 23.1 Å². The fraction of sp³-hybridized carbons (Fsp3) is 0.200. The van der Waals surface area contributed by atoms with Crippen molar-refractivity contribution in [1.82, 2.24) is 10.1 Å². The second-order valence-corrected chi connectivity index (χ2v) is 6.39. The molecule has 26 heavy (non-hydrogen) atoms. The van der Waals surface area contributed by atoms with E-state index in [9.17, 15) is 4.79 Å². The summed E-state index contributed by atoms with van der Waals surface area (Å²) in [5, 5.41) is 13.1. The molecule has 1 aliphatic heterocycles. The van der Waals surface area contributed by atoms with Crippen LogP contribution in [0.25, 0.3) is 11.5 Å². The van der Waals surface area contributed by atoms with E-state index in [0.29, 0.717) is 35.8 Å². The van der Waals surface area contributed by atoms with Crippen LogP contribution in [0.4, 0.5) is 5.69 Å². The third kappa shape index (κ3) is 2.95. The van der Waals surface area contributed by atoms with E-state index in [-0.39, 0.29) is 11.8 Å². The van der Waals surface area contributed by atoms with Gasteiger partial charge in [-0.05, 0) is 42.8 Å². The van der Waals surface area contributed by atoms with Crippen molar-refractivity contribution in [1.29, 1.82) is 5.26 Å². The van der Waals surface area contributed by atoms with E-state index in [2.05, 4.69) is 16.2 Å². The molecule has 1 aromatic heterocycles. The Balaban J connectivity index is 1.57. The number of aryl methyl sites for hydroxylation is 1. The van der Waals surface area contributed by atoms with E-state index in [0.717, 1.165) is 11.3 Å². The third-order valence-electron chi connectivity index (χ3n) is 4.48. The zero-order valence-electron chi connectivity index (χ0n) is 14.2. The van der Waals surface area contributed by atoms with Crippen LogP contribution in [0, 0.1) is 18.3 Å². The van der Waals surface area contributed by atoms with Crippen LogP contribution in [0.15, 0.2) is 53.1 Å². The van der Waals surface area contributed by atoms with Gasteiger partial charge in [-0.25, -0.2) is 0 Å². The Morgan fingerprint density at radius 2 is 2.08 bits per heavy atom. The summed E-state index contributed by atoms with van der Waals surface area (Å²) in [6, 6.07) is 17.0. The molecule has 3 aromatic rings. The first-order valence-electron chi connectivity index (χ1n) is 8.35. The Kier molecular flexibility index (Phi) is 3.98. The number of anilines is 1. The van der Waals surface area contributed by atoms with Crippen LogP contribution < -0.4 is 4.90 Å². The third-order valence-corrected chi connectivity index (χ3v) is 4.48. The summed E-state index contributed by atoms with van der Waals surface area (Å²) in [6.45, 7) is 2.53. The minimum absolute atomic E-state index is 0.0541. The summed E-state index contributed by atoms with van der Waals surface area (Å²) in [6.07, 6.45) is 0.352. The molecule has 0 bridgehead atoms. The number of hydrogen-bond donors (Lipinski definition) is 0. The van der Waals surface area contributed by atoms with Gasteiger partial charge in [0, 0.05) is 30.1 Å². The average molecular weight is 344 g/mol. The summed E-state index contributed by atoms with van der Waals surface area (Å²) in [7, 11) is 0. The smallest absolute Gasteiger partial charge is 0.257 e. The summed E-state index contributed by atoms with van der Waals surface area (Å²) < 4.78 is 5.36. The van der Waals surface area contributed by atoms with Crippen molar-refractivity contribution < 1.29 is 9.32 Å². The molecule has 1 aliphatic rings. The maximum Gasteiger partial charge on any atom is 0.257 e. The summed E-state index contributed by atoms with van der Waals surface area (Å²) in [5.74, 6) is 0.822. The standard InChI is InChI=1S/C20H16N4O2/c1-13-4-2-7-17(8-13)24-12-16(10-18(24)25)19-22-20(26-23-19)15-6-3-5-14(9-15)11-21/h2-9,16H,10,12H2,1H3/t16-/m1/s1. The molecule has 0 radical (unpaired) electrons. The highest BCUT2D eigenvalue weighted by Gasteiger charge is 2.34. The molecule has 0 N–H and O–H groups in total. The Morgan fingerprint density at radius 3 is 2.88 bits per heavy atom. The maximum absolute atomic E-state index is 12.4. The van der Waals surface area contributed by atoms with Gasteiger partial charge in [0.05, 0.1) is 11.6 Å². The molecular weight excluding hydrogens is 328 g/mol. The molecule has 2 heterocycles. The number of amides is 1. The molecule has 6 nitrogen and oxygen atoms in total. The van der Waals surface area contributed by atoms with Crippen molar-refractivity contribution in [3.05, 3.63) is 65.5 Å². The van der Waals surface area contributed by atoms with Gasteiger partial charge in [0.2, 0.25) is 5.91 Å². The fourth-order valence-electron chi connectivity index (χ4n) is 3.17. The topological polar surface area (TPSA) is 83.0 Å². The largest absolute Gasteiger partial charge is 0.334 e. The van der Waals surface area contributed by atoms with Crippen LogP contribution >= 0.6 is 0 Å². The van der Waals surface area contributed by atoms with Crippen LogP contribution in [0.2, 0.25) is 0 Å². The highest BCUT2D eigenvalue weighted by atomic mass is 16.5. The Morgan fingerprint density at radius 1 is 1.23 bits per heavy atom. The number of aromatic nitrogens is 2. The molecule has 2 aromatic carbocycles. The first-order chi connectivity index (χ1) is 12.6. The quantitative estimate of drug-likeness (QED) is 0.727. The second-order valence-electron chi connectivity index (χ2n) is 6.39. The van der Waals surface area contributed by atoms with Gasteiger partial charge in [0.25, 0.3) is 5.89 Å². The van der Waals surface area contributed by atoms with Crippen LogP contribution in [0.5, 0.6) is 0 Å². The Hall–Kier alpha value is -3.46. The van der Waals surface area contributed by atoms with Gasteiger partial charge in [-0.1, -0.05) is 23.4 Å². The van der Waals surface area contributed by atoms with E-state index in [1.807, 2.05) is 37.3 Å². The van der Waals surface area contributed by atoms with Gasteiger partial charge < -0.3 is 9.42 Å². The van der Waals surface area contributed by atoms with Crippen LogP contribution in [-0.2, 0) is 4.79 Å². The summed E-state index contributed by atoms with van der Waals surface area (Å²) in [5.41, 5.74) is 3.23. The molecule has 0 unspecified atom stereocenters. The minimum atomic E-state index is -0.111. The van der Waals surface area contributed by atoms with Crippen molar-refractivity contribution in [2.75, 3.05) is 11.4 Å². The summed E-state index contributed by atoms with van der Waals surface area (Å²) in [4.78, 5) is 18.7. The molecule has 4 rings (SSSR count). The normalized spacial score (nSPS) is 16.7. The molecule has 1 fully saturated rings. The molecular formula is C20H16N4O2. The lowest BCUT2D eigenvalue weighted by Gasteiger charge is -2.16. The van der Waals surface area contributed by atoms with Crippen molar-refractivity contribution >= 4 is 11.6 Å². The van der Waals surface area contributed by atoms with Gasteiger partial charge in [-0.3, -0.25) is 4.79 Å². The first kappa shape index (κ1) is 16.0. The highest BCUT2D eigenvalue weighted by Crippen LogP contribution is 2.31. The predicted molar refractivity (Wildman–Crippen MR) is 95.3 cm³/mol. The molecule has 6 heteroatoms. The molecule has 128 valence electrons. The lowest BCUT2D eigenvalue weighted by molar-refractivity contribution is -0.117. The van der Waals surface area contributed by atoms with E-state index < -0.39 is 0 Å². The van der Waals surface area contributed by atoms with Crippen molar-refractivity contribution in [2.24, 2.45) is 0 Å². The van der Waals surface area contributed by atoms with Crippen molar-refractivity contribution in [3.8, 4) is 17.5 Å². The number of carbonyl (C=O) groups is 1. The number of rotatable bonds is 3. The molecule has 0 saturated carbocycles. The van der Waals surface area contributed by atoms with Gasteiger partial charge in [0.1, 0.15) is 0 Å². The maximum atomic E-state index is 12.4. The second kappa shape index (κ2) is 6.45. The predicted octanol–water partition coefficient (Wildman–Crippen LogP) is 3.44. The molecule has 1 amide bonds. The highest BCUT2D eigenvalue weighted by molar-refractivity contribution is 5.96. The van der Waals surface area contributed by atoms with E-state index >= 15 is 0 Å². The molecule has 1 saturated heterocycles. The van der Waals surface area contributed by atoms with E-state index in [4.69, 9.17) is 9.78 Å². The zero-order chi connectivity index (χ0) is 18.1. The monoisotopic (exact) mass is 344 g/mol. The molecule has 0 spiro atoms. The minimum Gasteiger partial charge on any atom is -0.334 e. The molecule has 1 atom stereocenters. The molecule has 0 aliphatic carbocycles. The lowest BCUT2D eigenvalue weighted by Crippen LogP contribution is -2.24. The number of benzene rings is 2. The number of nitrogens with zero attached hydrogens (tertiary/aromatic N) is 4. The number of nitriles is 1. The number of hydrogen-bond acceptors (Lipinski definition) is 5. The van der Waals surface area contributed by atoms with Gasteiger partial charge >= 0.3 is 0 Å². The van der Waals surface area contributed by atoms with Crippen LogP contribution in [0.3, 0.4) is 0 Å². The Labute approximate surface area is 150 Å². The fourth-order valence-corrected chi connectivity index (χ4v) is 3.17. The van der Waals surface area contributed by atoms with Gasteiger partial charge in [-0.2, -0.15) is 10.2 Å². The van der Waals surface area contributed by atoms with Crippen molar-refractivity contribution in [2.45, 2.75) is 19.3 Å². The lowest BCUT2D eigenvalue weighted by atomic mass is 10.1. The van der Waals surface area contributed by atoms with Gasteiger partial charge in [-0.15, -0.1) is 0 Å². The Bertz CT molecular complexity index is 1020. The van der Waals surface area contributed by atoms with Gasteiger partial charge in [0.15, 0.2) is 5.82 Å². The average Bonchev–Trinajstić information content (AvgIpc) is 3.28. The zero-order valence-corrected chi connectivity index (χ0v) is 14.2. The number of carbonyl (C=O) groups excluding carboxylic acids is 1. The summed E-state index contributed by atoms with van der Waals surface area (Å²) >= 11 is 0. The SMILES string of the molecule is Cc1cccc(N2C[C@H](c3noc(-c4cccc(C#N)c4)n3)CC2=O)c1. The van der Waals surface area contributed by atoms with E-state index in [1.165, 1.54) is 0 Å². The first-order valence-corrected chi connectivity index (χ1v) is 8.35. The van der Waals surface area contributed by atoms with Crippen LogP contribution in [0.1, 0.15) is 29.3 Å².